The molecule has 18 heavy (non-hydrogen) atoms. The van der Waals surface area contributed by atoms with Crippen molar-refractivity contribution < 1.29 is 28.7 Å². The fourth-order valence-corrected chi connectivity index (χ4v) is 5.50. The molecule has 0 aromatic rings. The molecule has 0 heterocycles. The molecular formula is C9H23NO6P2. The second-order valence-corrected chi connectivity index (χ2v) is 8.21. The van der Waals surface area contributed by atoms with Crippen molar-refractivity contribution in [3.63, 3.8) is 0 Å². The number of hydrogen-bond acceptors (Lipinski definition) is 3. The molecule has 0 saturated carbocycles. The van der Waals surface area contributed by atoms with E-state index < -0.39 is 20.2 Å². The molecule has 0 spiro atoms. The maximum atomic E-state index is 11.7. The molecule has 0 atom stereocenters. The van der Waals surface area contributed by atoms with Crippen LogP contribution in [0, 0.1) is 0 Å². The van der Waals surface area contributed by atoms with Gasteiger partial charge in [0.1, 0.15) is 0 Å². The molecule has 0 aliphatic rings. The summed E-state index contributed by atoms with van der Waals surface area (Å²) in [6, 6.07) is 0. The molecule has 0 rings (SSSR count). The maximum Gasteiger partial charge on any atom is 0.358 e. The third-order valence-corrected chi connectivity index (χ3v) is 7.53. The topological polar surface area (TPSA) is 118 Å². The first kappa shape index (κ1) is 18.3. The van der Waals surface area contributed by atoms with Crippen LogP contribution in [0.3, 0.4) is 0 Å². The van der Waals surface area contributed by atoms with Crippen molar-refractivity contribution in [2.45, 2.75) is 45.1 Å². The molecule has 110 valence electrons. The maximum absolute atomic E-state index is 11.7. The van der Waals surface area contributed by atoms with E-state index >= 15 is 0 Å². The van der Waals surface area contributed by atoms with Gasteiger partial charge in [-0.1, -0.05) is 20.8 Å². The van der Waals surface area contributed by atoms with Gasteiger partial charge in [-0.25, -0.2) is 0 Å². The van der Waals surface area contributed by atoms with Crippen LogP contribution in [0.15, 0.2) is 0 Å². The van der Waals surface area contributed by atoms with Crippen LogP contribution in [0.1, 0.15) is 40.0 Å². The Morgan fingerprint density at radius 1 is 0.889 bits per heavy atom. The monoisotopic (exact) mass is 303 g/mol. The molecule has 0 aromatic heterocycles. The highest BCUT2D eigenvalue weighted by atomic mass is 31.2. The lowest BCUT2D eigenvalue weighted by molar-refractivity contribution is 0.151. The second kappa shape index (κ2) is 6.62. The number of rotatable bonds is 8. The van der Waals surface area contributed by atoms with E-state index in [1.54, 1.807) is 13.8 Å². The van der Waals surface area contributed by atoms with E-state index in [-0.39, 0.29) is 19.5 Å². The van der Waals surface area contributed by atoms with Gasteiger partial charge < -0.3 is 19.6 Å². The molecule has 0 saturated heterocycles. The summed E-state index contributed by atoms with van der Waals surface area (Å²) in [5.41, 5.74) is 0. The highest BCUT2D eigenvalue weighted by Crippen LogP contribution is 2.71. The number of hydrogen-bond donors (Lipinski definition) is 4. The van der Waals surface area contributed by atoms with Gasteiger partial charge in [0.05, 0.1) is 0 Å². The average Bonchev–Trinajstić information content (AvgIpc) is 2.15. The molecule has 4 N–H and O–H groups in total. The summed E-state index contributed by atoms with van der Waals surface area (Å²) in [7, 11) is -9.96. The van der Waals surface area contributed by atoms with E-state index in [0.717, 1.165) is 0 Å². The molecule has 9 heteroatoms. The lowest BCUT2D eigenvalue weighted by Crippen LogP contribution is -2.48. The van der Waals surface area contributed by atoms with Gasteiger partial charge in [0, 0.05) is 0 Å². The van der Waals surface area contributed by atoms with Crippen LogP contribution < -0.4 is 0 Å². The minimum atomic E-state index is -4.98. The Morgan fingerprint density at radius 2 is 1.22 bits per heavy atom. The third-order valence-electron chi connectivity index (χ3n) is 2.90. The zero-order valence-electron chi connectivity index (χ0n) is 11.0. The first-order chi connectivity index (χ1) is 8.08. The lowest BCUT2D eigenvalue weighted by Gasteiger charge is -2.43. The van der Waals surface area contributed by atoms with Crippen LogP contribution in [0.5, 0.6) is 0 Å². The van der Waals surface area contributed by atoms with Crippen molar-refractivity contribution in [3.05, 3.63) is 0 Å². The Morgan fingerprint density at radius 3 is 1.39 bits per heavy atom. The summed E-state index contributed by atoms with van der Waals surface area (Å²) >= 11 is 0. The normalized spacial score (nSPS) is 14.2. The summed E-state index contributed by atoms with van der Waals surface area (Å²) in [6.07, 6.45) is 0.811. The predicted octanol–water partition coefficient (Wildman–Crippen LogP) is 1.53. The molecule has 0 aromatic carbocycles. The summed E-state index contributed by atoms with van der Waals surface area (Å²) in [4.78, 5) is 39.1. The van der Waals surface area contributed by atoms with E-state index in [2.05, 4.69) is 0 Å². The Labute approximate surface area is 108 Å². The van der Waals surface area contributed by atoms with Crippen LogP contribution in [-0.4, -0.2) is 42.6 Å². The number of nitrogens with zero attached hydrogens (tertiary/aromatic N) is 1. The van der Waals surface area contributed by atoms with Gasteiger partial charge in [0.25, 0.3) is 0 Å². The molecular weight excluding hydrogens is 280 g/mol. The molecule has 7 nitrogen and oxygen atoms in total. The van der Waals surface area contributed by atoms with Crippen LogP contribution in [-0.2, 0) is 9.13 Å². The Bertz CT molecular complexity index is 321. The molecule has 0 fully saturated rings. The summed E-state index contributed by atoms with van der Waals surface area (Å²) < 4.78 is 23.4. The van der Waals surface area contributed by atoms with E-state index in [1.807, 2.05) is 0 Å². The van der Waals surface area contributed by atoms with Gasteiger partial charge in [-0.2, -0.15) is 0 Å². The second-order valence-electron chi connectivity index (χ2n) is 4.20. The van der Waals surface area contributed by atoms with Crippen molar-refractivity contribution >= 4 is 15.2 Å². The van der Waals surface area contributed by atoms with Crippen molar-refractivity contribution in [2.24, 2.45) is 0 Å². The van der Waals surface area contributed by atoms with E-state index in [9.17, 15) is 28.7 Å². The Kier molecular flexibility index (Phi) is 6.71. The summed E-state index contributed by atoms with van der Waals surface area (Å²) in [6.45, 7) is 5.44. The minimum Gasteiger partial charge on any atom is -0.323 e. The molecule has 0 radical (unpaired) electrons. The largest absolute Gasteiger partial charge is 0.358 e. The SMILES string of the molecule is CCCN(CCC)C(CC)(P(=O)(O)O)P(=O)(O)O. The van der Waals surface area contributed by atoms with Crippen LogP contribution in [0.25, 0.3) is 0 Å². The highest BCUT2D eigenvalue weighted by molar-refractivity contribution is 7.72. The Hall–Kier alpha value is 0.260. The van der Waals surface area contributed by atoms with Gasteiger partial charge in [-0.05, 0) is 32.4 Å². The van der Waals surface area contributed by atoms with E-state index in [1.165, 1.54) is 11.8 Å². The highest BCUT2D eigenvalue weighted by Gasteiger charge is 2.62. The molecule has 0 bridgehead atoms. The lowest BCUT2D eigenvalue weighted by atomic mass is 10.3. The first-order valence-electron chi connectivity index (χ1n) is 5.94. The van der Waals surface area contributed by atoms with Gasteiger partial charge in [-0.3, -0.25) is 14.0 Å². The zero-order valence-corrected chi connectivity index (χ0v) is 12.8. The van der Waals surface area contributed by atoms with Gasteiger partial charge >= 0.3 is 15.2 Å². The Balaban J connectivity index is 5.84. The van der Waals surface area contributed by atoms with Crippen LogP contribution in [0.4, 0.5) is 0 Å². The van der Waals surface area contributed by atoms with Crippen molar-refractivity contribution in [3.8, 4) is 0 Å². The zero-order chi connectivity index (χ0) is 14.6. The fourth-order valence-electron chi connectivity index (χ4n) is 2.18. The summed E-state index contributed by atoms with van der Waals surface area (Å²) in [5, 5.41) is -2.40. The molecule has 0 aliphatic heterocycles. The smallest absolute Gasteiger partial charge is 0.323 e. The molecule has 0 aliphatic carbocycles. The van der Waals surface area contributed by atoms with E-state index in [4.69, 9.17) is 0 Å². The fraction of sp³-hybridized carbons (Fsp3) is 1.00. The van der Waals surface area contributed by atoms with Gasteiger partial charge in [0.15, 0.2) is 0 Å². The molecule has 0 amide bonds. The predicted molar refractivity (Wildman–Crippen MR) is 69.3 cm³/mol. The van der Waals surface area contributed by atoms with Crippen LogP contribution in [0.2, 0.25) is 0 Å². The van der Waals surface area contributed by atoms with Crippen molar-refractivity contribution in [2.75, 3.05) is 13.1 Å². The first-order valence-corrected chi connectivity index (χ1v) is 9.17. The summed E-state index contributed by atoms with van der Waals surface area (Å²) in [5.74, 6) is 0. The standard InChI is InChI=1S/C9H23NO6P2/c1-4-7-10(8-5-2)9(6-3,17(11,12)13)18(14,15)16/h4-8H2,1-3H3,(H2,11,12,13)(H2,14,15,16). The van der Waals surface area contributed by atoms with E-state index in [0.29, 0.717) is 12.8 Å². The quantitative estimate of drug-likeness (QED) is 0.502. The average molecular weight is 303 g/mol. The van der Waals surface area contributed by atoms with Crippen molar-refractivity contribution in [1.82, 2.24) is 4.90 Å². The minimum absolute atomic E-state index is 0.234. The van der Waals surface area contributed by atoms with Gasteiger partial charge in [0.2, 0.25) is 5.02 Å². The molecule has 0 unspecified atom stereocenters. The van der Waals surface area contributed by atoms with Crippen molar-refractivity contribution in [1.29, 1.82) is 0 Å². The van der Waals surface area contributed by atoms with Gasteiger partial charge in [-0.15, -0.1) is 0 Å². The van der Waals surface area contributed by atoms with Crippen LogP contribution >= 0.6 is 15.2 Å². The third kappa shape index (κ3) is 3.42.